The van der Waals surface area contributed by atoms with E-state index in [0.29, 0.717) is 0 Å². The number of ether oxygens (including phenoxy) is 14. The Morgan fingerprint density at radius 1 is 0.262 bits per heavy atom. The highest BCUT2D eigenvalue weighted by Crippen LogP contribution is 2.41. The summed E-state index contributed by atoms with van der Waals surface area (Å²) < 4.78 is 485. The lowest BCUT2D eigenvalue weighted by Crippen LogP contribution is -2.71. The number of methoxy groups -OCH3 is 1. The van der Waals surface area contributed by atoms with Crippen molar-refractivity contribution in [2.45, 2.75) is 215 Å². The van der Waals surface area contributed by atoms with Gasteiger partial charge >= 0.3 is 132 Å². The van der Waals surface area contributed by atoms with Crippen molar-refractivity contribution < 1.29 is 309 Å². The molecule has 7 saturated heterocycles. The van der Waals surface area contributed by atoms with Crippen LogP contribution in [0.3, 0.4) is 0 Å². The third-order valence-electron chi connectivity index (χ3n) is 17.4. The van der Waals surface area contributed by atoms with Crippen LogP contribution in [0.15, 0.2) is 0 Å². The molecule has 35 atom stereocenters. The van der Waals surface area contributed by atoms with E-state index in [1.165, 1.54) is 9.44 Å². The number of carboxylic acid groups (broad SMARTS) is 3. The van der Waals surface area contributed by atoms with Gasteiger partial charge in [-0.1, -0.05) is 0 Å². The predicted octanol–water partition coefficient (Wildman–Crippen LogP) is -19.0. The fourth-order valence-corrected chi connectivity index (χ4v) is 17.8. The summed E-state index contributed by atoms with van der Waals surface area (Å²) in [7, 11) is -65.1. The van der Waals surface area contributed by atoms with Gasteiger partial charge in [0.05, 0.1) is 26.4 Å². The standard InChI is InChI=1S/C43H72N4O68S11/c1-95-21-6(2-96-120(74,75)76)101-38(11(15(21)49)45-117(65,66)67)107-25-18(52)29(114-125(89,90)91)42(111-31(25)34(55)56)105-23-8(4-98-122(80,81)82)103-40(13(17(23)51)47-119(71,72)73)109-27-20(54)30(115-126(92,93)94)43(112-33(27)36(59)60)106-24-9(5-99-123(83,84)85)102-39(12(16(24)50)46-118(68,69)70)108-26-19(53)28(113-124(86,87)88)41(110-32(26)35(57)58)104-22-7(3-97-121(77,78)79)100-37(61)10(14(22)48)44-116(62,63)64/h6-33,37-54,61H,2-5H2,1H3,(H,55,56)(H,57,58)(H,59,60)(H,62,63,64)(H,65,66,67)(H,68,69,70)(H,71,72,73)(H,74,75,76)(H,77,78,79)(H,80,81,82)(H,83,84,85)(H,86,87,88)(H,89,90,91)(H,92,93,94)/t6-,7-,8-,9-,10-,11-,12-,13-,14-,15-,16-,17-,18+,19+,20+,21-,22-,23-,24-,25+,26-,27+,28-,29-,30-,31-,32-,33-,37+,38-,39+,40-,41+,42-,43-/m1/s1. The fourth-order valence-electron chi connectivity index (χ4n) is 12.7. The molecule has 0 amide bonds. The van der Waals surface area contributed by atoms with Gasteiger partial charge in [-0.15, -0.1) is 0 Å². The van der Waals surface area contributed by atoms with E-state index in [1.54, 1.807) is 0 Å². The maximum Gasteiger partial charge on any atom is 0.397 e. The van der Waals surface area contributed by atoms with Gasteiger partial charge in [-0.05, 0) is 0 Å². The molecule has 738 valence electrons. The topological polar surface area (TPSA) is 1110 Å². The minimum absolute atomic E-state index is 0.720. The number of nitrogens with one attached hydrogen (secondary N) is 4. The van der Waals surface area contributed by atoms with Gasteiger partial charge in [-0.3, -0.25) is 50.1 Å². The monoisotopic (exact) mass is 2080 g/mol. The smallest absolute Gasteiger partial charge is 0.397 e. The number of aliphatic carboxylic acids is 3. The van der Waals surface area contributed by atoms with Crippen LogP contribution in [0, 0.1) is 0 Å². The van der Waals surface area contributed by atoms with Crippen LogP contribution in [0.5, 0.6) is 0 Å². The van der Waals surface area contributed by atoms with E-state index in [0.717, 1.165) is 16.6 Å². The van der Waals surface area contributed by atoms with Crippen molar-refractivity contribution in [1.82, 2.24) is 18.9 Å². The Labute approximate surface area is 704 Å². The van der Waals surface area contributed by atoms with Gasteiger partial charge in [0.1, 0.15) is 134 Å². The third kappa shape index (κ3) is 31.4. The minimum Gasteiger partial charge on any atom is -0.479 e. The van der Waals surface area contributed by atoms with Crippen molar-refractivity contribution in [3.63, 3.8) is 0 Å². The van der Waals surface area contributed by atoms with E-state index in [9.17, 15) is 213 Å². The van der Waals surface area contributed by atoms with Crippen LogP contribution in [-0.4, -0.2) is 465 Å². The Morgan fingerprint density at radius 3 is 0.683 bits per heavy atom. The summed E-state index contributed by atoms with van der Waals surface area (Å²) in [6.07, 6.45) is -96.2. The molecule has 0 unspecified atom stereocenters. The number of hydrogen-bond acceptors (Lipinski definition) is 54. The molecule has 0 aromatic carbocycles. The summed E-state index contributed by atoms with van der Waals surface area (Å²) >= 11 is 0. The minimum atomic E-state index is -6.46. The molecule has 126 heavy (non-hydrogen) atoms. The first-order valence-electron chi connectivity index (χ1n) is 32.6. The molecule has 0 bridgehead atoms. The second-order valence-corrected chi connectivity index (χ2v) is 38.3. The molecule has 7 fully saturated rings. The lowest BCUT2D eigenvalue weighted by Gasteiger charge is -2.50. The molecule has 7 heterocycles. The number of aliphatic hydroxyl groups excluding tert-OH is 8. The molecule has 0 aromatic rings. The maximum atomic E-state index is 13.4. The summed E-state index contributed by atoms with van der Waals surface area (Å²) in [5, 5.41) is 124. The van der Waals surface area contributed by atoms with Crippen molar-refractivity contribution in [2.75, 3.05) is 33.5 Å². The van der Waals surface area contributed by atoms with E-state index in [1.807, 2.05) is 0 Å². The van der Waals surface area contributed by atoms with Crippen molar-refractivity contribution in [2.24, 2.45) is 0 Å². The van der Waals surface area contributed by atoms with E-state index in [4.69, 9.17) is 66.3 Å². The molecule has 83 heteroatoms. The van der Waals surface area contributed by atoms with Crippen LogP contribution in [0.4, 0.5) is 0 Å². The first kappa shape index (κ1) is 109. The summed E-state index contributed by atoms with van der Waals surface area (Å²) in [6.45, 7) is -7.34. The summed E-state index contributed by atoms with van der Waals surface area (Å²) in [4.78, 5) is 39.5. The highest BCUT2D eigenvalue weighted by Gasteiger charge is 2.64. The average molecular weight is 2090 g/mol. The molecule has 26 N–H and O–H groups in total. The SMILES string of the molecule is CO[C@H]1[C@H](O)[C@@H](NS(=O)(=O)O)[C@@H](O[C@H]2[C@H](O)[C@@H](OS(=O)(=O)O)[C@H](O[C@H]3[C@H](O)[C@@H](NS(=O)(=O)O)[C@@H](O[C@H]4[C@H](O)[C@@H](OS(=O)(=O)O)[C@H](O[C@H]5[C@H](O)[C@@H](NS(=O)(=O)O)[C@H](O[C@@H]6[C@H](O)[C@@H](OS(=O)(=O)O)[C@@H](O[C@H]7[C@H](O)[C@@H](NS(=O)(=O)O)[C@@H](O)O[C@@H]7COS(=O)(=O)O)O[C@H]6C(=O)O)O[C@@H]5COS(=O)(=O)O)O[C@H]4C(=O)O)O[C@@H]3COS(=O)(=O)O)O[C@H]2C(=O)O)O[C@@H]1COS(=O)(=O)O. The Bertz CT molecular complexity index is 5150. The quantitative estimate of drug-likeness (QED) is 0.0252. The number of rotatable bonds is 42. The number of carbonyl (C=O) groups is 3. The Kier molecular flexibility index (Phi) is 36.0. The summed E-state index contributed by atoms with van der Waals surface area (Å²) in [5.74, 6) is -7.79. The molecule has 7 aliphatic rings. The highest BCUT2D eigenvalue weighted by molar-refractivity contribution is 7.85. The first-order chi connectivity index (χ1) is 57.0. The third-order valence-corrected chi connectivity index (χ3v) is 22.8. The van der Waals surface area contributed by atoms with Crippen molar-refractivity contribution in [3.8, 4) is 0 Å². The van der Waals surface area contributed by atoms with Crippen LogP contribution in [0.1, 0.15) is 0 Å². The largest absolute Gasteiger partial charge is 0.479 e. The normalized spacial score (nSPS) is 39.0. The fraction of sp³-hybridized carbons (Fsp3) is 0.930. The molecule has 0 aliphatic carbocycles. The number of aliphatic hydroxyl groups is 8. The predicted molar refractivity (Wildman–Crippen MR) is 361 cm³/mol. The van der Waals surface area contributed by atoms with Crippen molar-refractivity contribution in [1.29, 1.82) is 0 Å². The van der Waals surface area contributed by atoms with Crippen LogP contribution >= 0.6 is 0 Å². The van der Waals surface area contributed by atoms with Gasteiger partial charge in [0.25, 0.3) is 0 Å². The van der Waals surface area contributed by atoms with Crippen LogP contribution < -0.4 is 18.9 Å². The number of carboxylic acids is 3. The zero-order valence-corrected chi connectivity index (χ0v) is 69.6. The van der Waals surface area contributed by atoms with E-state index >= 15 is 0 Å². The van der Waals surface area contributed by atoms with Gasteiger partial charge in [0.2, 0.25) is 0 Å². The van der Waals surface area contributed by atoms with Crippen LogP contribution in [0.25, 0.3) is 0 Å². The van der Waals surface area contributed by atoms with Gasteiger partial charge in [0, 0.05) is 7.11 Å². The van der Waals surface area contributed by atoms with Crippen molar-refractivity contribution >= 4 is 132 Å². The molecule has 0 radical (unpaired) electrons. The van der Waals surface area contributed by atoms with Crippen LogP contribution in [-0.2, 0) is 224 Å². The Balaban J connectivity index is 1.26. The molecule has 7 aliphatic heterocycles. The molecule has 72 nitrogen and oxygen atoms in total. The average Bonchev–Trinajstić information content (AvgIpc) is 0.755. The Morgan fingerprint density at radius 2 is 0.468 bits per heavy atom. The molecule has 7 rings (SSSR count). The number of hydrogen-bond donors (Lipinski definition) is 26. The molecular weight excluding hydrogens is 2010 g/mol. The Hall–Kier alpha value is -3.90. The van der Waals surface area contributed by atoms with E-state index < -0.39 is 373 Å². The van der Waals surface area contributed by atoms with E-state index in [2.05, 4.69) is 29.3 Å². The lowest BCUT2D eigenvalue weighted by atomic mass is 9.94. The molecule has 0 spiro atoms. The summed E-state index contributed by atoms with van der Waals surface area (Å²) in [6, 6.07) is -11.7. The maximum absolute atomic E-state index is 13.4. The second kappa shape index (κ2) is 41.5. The zero-order valence-electron chi connectivity index (χ0n) is 60.6. The molecular formula is C43H72N4O68S11. The zero-order chi connectivity index (χ0) is 95.9. The van der Waals surface area contributed by atoms with Gasteiger partial charge in [-0.2, -0.15) is 111 Å². The first-order valence-corrected chi connectivity index (χ1v) is 47.9. The highest BCUT2D eigenvalue weighted by atomic mass is 32.3. The van der Waals surface area contributed by atoms with Gasteiger partial charge < -0.3 is 122 Å². The second-order valence-electron chi connectivity index (χ2n) is 26.0. The van der Waals surface area contributed by atoms with Gasteiger partial charge in [-0.25, -0.2) is 43.7 Å². The van der Waals surface area contributed by atoms with Crippen LogP contribution in [0.2, 0.25) is 0 Å². The van der Waals surface area contributed by atoms with Crippen molar-refractivity contribution in [3.05, 3.63) is 0 Å². The molecule has 0 aromatic heterocycles. The lowest BCUT2D eigenvalue weighted by molar-refractivity contribution is -0.377. The van der Waals surface area contributed by atoms with E-state index in [-0.39, 0.29) is 0 Å². The summed E-state index contributed by atoms with van der Waals surface area (Å²) in [5.41, 5.74) is 0. The molecule has 0 saturated carbocycles. The van der Waals surface area contributed by atoms with Gasteiger partial charge in [0.15, 0.2) is 80.7 Å².